The third-order valence-corrected chi connectivity index (χ3v) is 5.83. The molecule has 8 heteroatoms. The van der Waals surface area contributed by atoms with Gasteiger partial charge >= 0.3 is 0 Å². The Bertz CT molecular complexity index is 829. The van der Waals surface area contributed by atoms with Crippen LogP contribution in [0.25, 0.3) is 0 Å². The lowest BCUT2D eigenvalue weighted by molar-refractivity contribution is 0.0953. The molecule has 0 spiro atoms. The van der Waals surface area contributed by atoms with E-state index in [4.69, 9.17) is 5.73 Å². The molecule has 0 saturated carbocycles. The first-order chi connectivity index (χ1) is 12.5. The molecule has 3 N–H and O–H groups in total. The van der Waals surface area contributed by atoms with Gasteiger partial charge in [0, 0.05) is 18.7 Å². The van der Waals surface area contributed by atoms with Crippen LogP contribution in [0, 0.1) is 0 Å². The average molecular weight is 412 g/mol. The molecule has 0 bridgehead atoms. The number of sulfonamides is 1. The average Bonchev–Trinajstić information content (AvgIpc) is 2.66. The number of carbonyl (C=O) groups is 1. The predicted octanol–water partition coefficient (Wildman–Crippen LogP) is 2.79. The first-order valence-corrected chi connectivity index (χ1v) is 10.1. The van der Waals surface area contributed by atoms with Gasteiger partial charge in [-0.3, -0.25) is 9.10 Å². The van der Waals surface area contributed by atoms with Crippen molar-refractivity contribution in [2.75, 3.05) is 23.9 Å². The Labute approximate surface area is 167 Å². The molecule has 0 aliphatic heterocycles. The fourth-order valence-electron chi connectivity index (χ4n) is 2.58. The summed E-state index contributed by atoms with van der Waals surface area (Å²) in [4.78, 5) is 12.3. The van der Waals surface area contributed by atoms with Crippen molar-refractivity contribution in [3.8, 4) is 0 Å². The summed E-state index contributed by atoms with van der Waals surface area (Å²) >= 11 is 0. The smallest absolute Gasteiger partial charge is 0.264 e. The standard InChI is InChI=1S/C19H25N3O3S.ClH/c1-2-22(17-10-4-3-5-11-17)26(24,25)18-12-8-9-16(15-18)19(23)21-14-7-6-13-20;/h3-5,8-12,15H,2,6-7,13-14,20H2,1H3,(H,21,23);1H. The van der Waals surface area contributed by atoms with E-state index < -0.39 is 10.0 Å². The second-order valence-corrected chi connectivity index (χ2v) is 7.65. The Morgan fingerprint density at radius 3 is 2.41 bits per heavy atom. The van der Waals surface area contributed by atoms with Crippen molar-refractivity contribution in [2.24, 2.45) is 5.73 Å². The van der Waals surface area contributed by atoms with E-state index in [0.717, 1.165) is 12.8 Å². The Balaban J connectivity index is 0.00000364. The van der Waals surface area contributed by atoms with Crippen molar-refractivity contribution in [1.82, 2.24) is 5.32 Å². The summed E-state index contributed by atoms with van der Waals surface area (Å²) in [5.41, 5.74) is 6.34. The third kappa shape index (κ3) is 5.95. The lowest BCUT2D eigenvalue weighted by atomic mass is 10.2. The van der Waals surface area contributed by atoms with Crippen molar-refractivity contribution in [1.29, 1.82) is 0 Å². The maximum absolute atomic E-state index is 13.0. The number of anilines is 1. The van der Waals surface area contributed by atoms with E-state index in [1.807, 2.05) is 6.07 Å². The lowest BCUT2D eigenvalue weighted by Crippen LogP contribution is -2.31. The highest BCUT2D eigenvalue weighted by molar-refractivity contribution is 7.92. The van der Waals surface area contributed by atoms with E-state index in [-0.39, 0.29) is 23.2 Å². The van der Waals surface area contributed by atoms with Gasteiger partial charge in [-0.2, -0.15) is 0 Å². The summed E-state index contributed by atoms with van der Waals surface area (Å²) in [5, 5.41) is 2.78. The Kier molecular flexibility index (Phi) is 9.28. The predicted molar refractivity (Wildman–Crippen MR) is 111 cm³/mol. The number of rotatable bonds is 9. The zero-order valence-corrected chi connectivity index (χ0v) is 16.9. The van der Waals surface area contributed by atoms with Gasteiger partial charge in [-0.15, -0.1) is 12.4 Å². The highest BCUT2D eigenvalue weighted by Crippen LogP contribution is 2.23. The minimum atomic E-state index is -3.75. The van der Waals surface area contributed by atoms with Gasteiger partial charge in [0.05, 0.1) is 10.6 Å². The normalized spacial score (nSPS) is 10.7. The van der Waals surface area contributed by atoms with Crippen LogP contribution >= 0.6 is 12.4 Å². The molecule has 27 heavy (non-hydrogen) atoms. The number of halogens is 1. The highest BCUT2D eigenvalue weighted by atomic mass is 35.5. The number of nitrogens with two attached hydrogens (primary N) is 1. The second-order valence-electron chi connectivity index (χ2n) is 5.78. The number of amides is 1. The van der Waals surface area contributed by atoms with Gasteiger partial charge in [-0.25, -0.2) is 8.42 Å². The molecule has 0 aliphatic carbocycles. The van der Waals surface area contributed by atoms with Crippen LogP contribution < -0.4 is 15.4 Å². The summed E-state index contributed by atoms with van der Waals surface area (Å²) in [6, 6.07) is 15.0. The van der Waals surface area contributed by atoms with Gasteiger partial charge in [0.25, 0.3) is 15.9 Å². The molecule has 2 aromatic carbocycles. The second kappa shape index (κ2) is 10.9. The van der Waals surface area contributed by atoms with Gasteiger partial charge in [0.1, 0.15) is 0 Å². The Morgan fingerprint density at radius 1 is 1.07 bits per heavy atom. The van der Waals surface area contributed by atoms with E-state index >= 15 is 0 Å². The zero-order chi connectivity index (χ0) is 19.0. The van der Waals surface area contributed by atoms with Crippen LogP contribution in [-0.4, -0.2) is 34.0 Å². The molecule has 2 aromatic rings. The van der Waals surface area contributed by atoms with E-state index in [2.05, 4.69) is 5.32 Å². The minimum absolute atomic E-state index is 0. The molecular formula is C19H26ClN3O3S. The molecule has 0 heterocycles. The molecule has 0 radical (unpaired) electrons. The van der Waals surface area contributed by atoms with Crippen molar-refractivity contribution in [3.63, 3.8) is 0 Å². The van der Waals surface area contributed by atoms with E-state index in [1.165, 1.54) is 16.4 Å². The van der Waals surface area contributed by atoms with Crippen molar-refractivity contribution < 1.29 is 13.2 Å². The van der Waals surface area contributed by atoms with Crippen LogP contribution in [0.5, 0.6) is 0 Å². The van der Waals surface area contributed by atoms with Gasteiger partial charge < -0.3 is 11.1 Å². The molecule has 0 aromatic heterocycles. The van der Waals surface area contributed by atoms with Crippen LogP contribution in [0.15, 0.2) is 59.5 Å². The summed E-state index contributed by atoms with van der Waals surface area (Å²) in [7, 11) is -3.75. The van der Waals surface area contributed by atoms with Crippen LogP contribution in [0.2, 0.25) is 0 Å². The highest BCUT2D eigenvalue weighted by Gasteiger charge is 2.24. The summed E-state index contributed by atoms with van der Waals surface area (Å²) in [5.74, 6) is -0.290. The number of nitrogens with one attached hydrogen (secondary N) is 1. The summed E-state index contributed by atoms with van der Waals surface area (Å²) < 4.78 is 27.4. The van der Waals surface area contributed by atoms with Gasteiger partial charge in [-0.05, 0) is 56.6 Å². The molecule has 0 saturated heterocycles. The number of hydrogen-bond acceptors (Lipinski definition) is 4. The molecular weight excluding hydrogens is 386 g/mol. The Hall–Kier alpha value is -2.09. The maximum atomic E-state index is 13.0. The largest absolute Gasteiger partial charge is 0.352 e. The Morgan fingerprint density at radius 2 is 1.78 bits per heavy atom. The topological polar surface area (TPSA) is 92.5 Å². The molecule has 148 valence electrons. The molecule has 0 atom stereocenters. The molecule has 0 unspecified atom stereocenters. The maximum Gasteiger partial charge on any atom is 0.264 e. The first-order valence-electron chi connectivity index (χ1n) is 8.66. The molecule has 6 nitrogen and oxygen atoms in total. The van der Waals surface area contributed by atoms with Gasteiger partial charge in [0.2, 0.25) is 0 Å². The lowest BCUT2D eigenvalue weighted by Gasteiger charge is -2.23. The first kappa shape index (κ1) is 23.0. The summed E-state index contributed by atoms with van der Waals surface area (Å²) in [6.45, 7) is 3.16. The van der Waals surface area contributed by atoms with Crippen molar-refractivity contribution in [2.45, 2.75) is 24.7 Å². The van der Waals surface area contributed by atoms with E-state index in [0.29, 0.717) is 30.9 Å². The van der Waals surface area contributed by atoms with Crippen LogP contribution in [0.3, 0.4) is 0 Å². The number of unbranched alkanes of at least 4 members (excludes halogenated alkanes) is 1. The molecule has 0 fully saturated rings. The monoisotopic (exact) mass is 411 g/mol. The summed E-state index contributed by atoms with van der Waals surface area (Å²) in [6.07, 6.45) is 1.62. The minimum Gasteiger partial charge on any atom is -0.352 e. The number of nitrogens with zero attached hydrogens (tertiary/aromatic N) is 1. The van der Waals surface area contributed by atoms with Crippen LogP contribution in [-0.2, 0) is 10.0 Å². The van der Waals surface area contributed by atoms with Crippen molar-refractivity contribution in [3.05, 3.63) is 60.2 Å². The van der Waals surface area contributed by atoms with Crippen LogP contribution in [0.4, 0.5) is 5.69 Å². The number of benzene rings is 2. The molecule has 2 rings (SSSR count). The molecule has 1 amide bonds. The van der Waals surface area contributed by atoms with E-state index in [1.54, 1.807) is 43.3 Å². The van der Waals surface area contributed by atoms with Crippen molar-refractivity contribution >= 4 is 34.0 Å². The molecule has 0 aliphatic rings. The fourth-order valence-corrected chi connectivity index (χ4v) is 4.10. The van der Waals surface area contributed by atoms with Crippen LogP contribution in [0.1, 0.15) is 30.1 Å². The SMILES string of the molecule is CCN(c1ccccc1)S(=O)(=O)c1cccc(C(=O)NCCCCN)c1.Cl. The zero-order valence-electron chi connectivity index (χ0n) is 15.3. The third-order valence-electron chi connectivity index (χ3n) is 3.93. The number of hydrogen-bond donors (Lipinski definition) is 2. The number of carbonyl (C=O) groups excluding carboxylic acids is 1. The van der Waals surface area contributed by atoms with E-state index in [9.17, 15) is 13.2 Å². The fraction of sp³-hybridized carbons (Fsp3) is 0.316. The quantitative estimate of drug-likeness (QED) is 0.620. The number of para-hydroxylation sites is 1. The van der Waals surface area contributed by atoms with Gasteiger partial charge in [-0.1, -0.05) is 24.3 Å². The van der Waals surface area contributed by atoms with Gasteiger partial charge in [0.15, 0.2) is 0 Å².